The van der Waals surface area contributed by atoms with E-state index in [2.05, 4.69) is 0 Å². The SMILES string of the molecule is CN(CC1CCCCO1)C(=O)c1cc(N)cc(N)c1. The molecule has 0 aliphatic carbocycles. The predicted molar refractivity (Wildman–Crippen MR) is 75.8 cm³/mol. The Morgan fingerprint density at radius 3 is 2.58 bits per heavy atom. The number of anilines is 2. The molecule has 1 unspecified atom stereocenters. The van der Waals surface area contributed by atoms with Crippen LogP contribution in [0.3, 0.4) is 0 Å². The van der Waals surface area contributed by atoms with Gasteiger partial charge < -0.3 is 21.1 Å². The molecule has 0 saturated carbocycles. The summed E-state index contributed by atoms with van der Waals surface area (Å²) in [6.45, 7) is 1.39. The van der Waals surface area contributed by atoms with Gasteiger partial charge in [-0.2, -0.15) is 0 Å². The first kappa shape index (κ1) is 13.7. The van der Waals surface area contributed by atoms with Crippen molar-refractivity contribution in [3.05, 3.63) is 23.8 Å². The van der Waals surface area contributed by atoms with Crippen LogP contribution in [-0.2, 0) is 4.74 Å². The number of amides is 1. The maximum absolute atomic E-state index is 12.3. The highest BCUT2D eigenvalue weighted by Gasteiger charge is 2.20. The highest BCUT2D eigenvalue weighted by Crippen LogP contribution is 2.17. The molecule has 1 atom stereocenters. The number of hydrogen-bond donors (Lipinski definition) is 2. The minimum absolute atomic E-state index is 0.0758. The zero-order valence-corrected chi connectivity index (χ0v) is 11.3. The Hall–Kier alpha value is -1.75. The van der Waals surface area contributed by atoms with Crippen LogP contribution in [0.2, 0.25) is 0 Å². The van der Waals surface area contributed by atoms with Crippen molar-refractivity contribution in [2.24, 2.45) is 0 Å². The quantitative estimate of drug-likeness (QED) is 0.810. The van der Waals surface area contributed by atoms with E-state index in [4.69, 9.17) is 16.2 Å². The van der Waals surface area contributed by atoms with Crippen LogP contribution in [-0.4, -0.2) is 37.1 Å². The average Bonchev–Trinajstić information content (AvgIpc) is 2.37. The molecule has 5 heteroatoms. The molecule has 0 radical (unpaired) electrons. The number of hydrogen-bond acceptors (Lipinski definition) is 4. The van der Waals surface area contributed by atoms with Gasteiger partial charge >= 0.3 is 0 Å². The van der Waals surface area contributed by atoms with E-state index in [0.717, 1.165) is 25.9 Å². The zero-order valence-electron chi connectivity index (χ0n) is 11.3. The van der Waals surface area contributed by atoms with Crippen LogP contribution in [0.4, 0.5) is 11.4 Å². The number of rotatable bonds is 3. The number of benzene rings is 1. The third-order valence-corrected chi connectivity index (χ3v) is 3.32. The second kappa shape index (κ2) is 5.93. The molecular weight excluding hydrogens is 242 g/mol. The summed E-state index contributed by atoms with van der Waals surface area (Å²) in [6, 6.07) is 4.94. The summed E-state index contributed by atoms with van der Waals surface area (Å²) < 4.78 is 5.64. The molecule has 1 aromatic rings. The molecule has 4 N–H and O–H groups in total. The van der Waals surface area contributed by atoms with Gasteiger partial charge in [-0.05, 0) is 37.5 Å². The highest BCUT2D eigenvalue weighted by molar-refractivity contribution is 5.96. The van der Waals surface area contributed by atoms with Crippen LogP contribution in [0.1, 0.15) is 29.6 Å². The lowest BCUT2D eigenvalue weighted by molar-refractivity contribution is -0.000184. The van der Waals surface area contributed by atoms with Crippen LogP contribution in [0.15, 0.2) is 18.2 Å². The third kappa shape index (κ3) is 3.61. The summed E-state index contributed by atoms with van der Waals surface area (Å²) in [5, 5.41) is 0. The fourth-order valence-corrected chi connectivity index (χ4v) is 2.36. The van der Waals surface area contributed by atoms with E-state index in [1.165, 1.54) is 0 Å². The Kier molecular flexibility index (Phi) is 4.27. The minimum atomic E-state index is -0.0758. The Morgan fingerprint density at radius 1 is 1.32 bits per heavy atom. The average molecular weight is 263 g/mol. The van der Waals surface area contributed by atoms with Gasteiger partial charge in [-0.15, -0.1) is 0 Å². The smallest absolute Gasteiger partial charge is 0.253 e. The van der Waals surface area contributed by atoms with Gasteiger partial charge in [0.05, 0.1) is 6.10 Å². The lowest BCUT2D eigenvalue weighted by atomic mass is 10.1. The molecule has 1 aliphatic heterocycles. The van der Waals surface area contributed by atoms with E-state index in [0.29, 0.717) is 23.5 Å². The lowest BCUT2D eigenvalue weighted by Gasteiger charge is -2.27. The number of nitrogen functional groups attached to an aromatic ring is 2. The first-order valence-corrected chi connectivity index (χ1v) is 6.59. The van der Waals surface area contributed by atoms with Gasteiger partial charge in [-0.1, -0.05) is 0 Å². The lowest BCUT2D eigenvalue weighted by Crippen LogP contribution is -2.37. The van der Waals surface area contributed by atoms with Crippen LogP contribution in [0.5, 0.6) is 0 Å². The van der Waals surface area contributed by atoms with Crippen LogP contribution in [0, 0.1) is 0 Å². The summed E-state index contributed by atoms with van der Waals surface area (Å²) in [5.41, 5.74) is 12.9. The van der Waals surface area contributed by atoms with Crippen molar-refractivity contribution in [2.45, 2.75) is 25.4 Å². The monoisotopic (exact) mass is 263 g/mol. The fourth-order valence-electron chi connectivity index (χ4n) is 2.36. The van der Waals surface area contributed by atoms with Crippen LogP contribution >= 0.6 is 0 Å². The Morgan fingerprint density at radius 2 is 2.00 bits per heavy atom. The van der Waals surface area contributed by atoms with Gasteiger partial charge in [0.25, 0.3) is 5.91 Å². The molecule has 5 nitrogen and oxygen atoms in total. The minimum Gasteiger partial charge on any atom is -0.399 e. The molecule has 1 saturated heterocycles. The van der Waals surface area contributed by atoms with Crippen molar-refractivity contribution < 1.29 is 9.53 Å². The van der Waals surface area contributed by atoms with E-state index in [9.17, 15) is 4.79 Å². The molecule has 1 amide bonds. The van der Waals surface area contributed by atoms with Gasteiger partial charge in [-0.3, -0.25) is 4.79 Å². The predicted octanol–water partition coefficient (Wildman–Crippen LogP) is 1.49. The molecule has 1 aromatic carbocycles. The van der Waals surface area contributed by atoms with Gasteiger partial charge in [0, 0.05) is 37.1 Å². The zero-order chi connectivity index (χ0) is 13.8. The second-order valence-electron chi connectivity index (χ2n) is 5.06. The van der Waals surface area contributed by atoms with E-state index in [-0.39, 0.29) is 12.0 Å². The van der Waals surface area contributed by atoms with Crippen LogP contribution in [0.25, 0.3) is 0 Å². The number of ether oxygens (including phenoxy) is 1. The van der Waals surface area contributed by atoms with E-state index in [1.807, 2.05) is 0 Å². The second-order valence-corrected chi connectivity index (χ2v) is 5.06. The van der Waals surface area contributed by atoms with E-state index in [1.54, 1.807) is 30.1 Å². The van der Waals surface area contributed by atoms with E-state index < -0.39 is 0 Å². The number of carbonyl (C=O) groups is 1. The fraction of sp³-hybridized carbons (Fsp3) is 0.500. The highest BCUT2D eigenvalue weighted by atomic mass is 16.5. The summed E-state index contributed by atoms with van der Waals surface area (Å²) >= 11 is 0. The number of nitrogens with zero attached hydrogens (tertiary/aromatic N) is 1. The summed E-state index contributed by atoms with van der Waals surface area (Å²) in [5.74, 6) is -0.0758. The Balaban J connectivity index is 2.01. The Labute approximate surface area is 113 Å². The molecule has 104 valence electrons. The van der Waals surface area contributed by atoms with Gasteiger partial charge in [-0.25, -0.2) is 0 Å². The van der Waals surface area contributed by atoms with Gasteiger partial charge in [0.2, 0.25) is 0 Å². The first-order chi connectivity index (χ1) is 9.06. The molecule has 1 fully saturated rings. The van der Waals surface area contributed by atoms with Crippen molar-refractivity contribution >= 4 is 17.3 Å². The third-order valence-electron chi connectivity index (χ3n) is 3.32. The van der Waals surface area contributed by atoms with Gasteiger partial charge in [0.1, 0.15) is 0 Å². The topological polar surface area (TPSA) is 81.6 Å². The summed E-state index contributed by atoms with van der Waals surface area (Å²) in [7, 11) is 1.78. The van der Waals surface area contributed by atoms with Crippen molar-refractivity contribution in [3.8, 4) is 0 Å². The summed E-state index contributed by atoms with van der Waals surface area (Å²) in [4.78, 5) is 14.0. The number of nitrogens with two attached hydrogens (primary N) is 2. The first-order valence-electron chi connectivity index (χ1n) is 6.59. The standard InChI is InChI=1S/C14H21N3O2/c1-17(9-13-4-2-3-5-19-13)14(18)10-6-11(15)8-12(16)7-10/h6-8,13H,2-5,9,15-16H2,1H3. The molecule has 0 spiro atoms. The molecular formula is C14H21N3O2. The number of carbonyl (C=O) groups excluding carboxylic acids is 1. The molecule has 1 heterocycles. The van der Waals surface area contributed by atoms with Gasteiger partial charge in [0.15, 0.2) is 0 Å². The largest absolute Gasteiger partial charge is 0.399 e. The Bertz CT molecular complexity index is 436. The van der Waals surface area contributed by atoms with Crippen molar-refractivity contribution in [1.29, 1.82) is 0 Å². The van der Waals surface area contributed by atoms with E-state index >= 15 is 0 Å². The molecule has 0 bridgehead atoms. The van der Waals surface area contributed by atoms with Crippen LogP contribution < -0.4 is 11.5 Å². The molecule has 2 rings (SSSR count). The van der Waals surface area contributed by atoms with Crippen molar-refractivity contribution in [1.82, 2.24) is 4.90 Å². The molecule has 0 aromatic heterocycles. The maximum atomic E-state index is 12.3. The maximum Gasteiger partial charge on any atom is 0.253 e. The molecule has 1 aliphatic rings. The normalized spacial score (nSPS) is 19.1. The van der Waals surface area contributed by atoms with Crippen molar-refractivity contribution in [3.63, 3.8) is 0 Å². The summed E-state index contributed by atoms with van der Waals surface area (Å²) in [6.07, 6.45) is 3.43. The van der Waals surface area contributed by atoms with Crippen molar-refractivity contribution in [2.75, 3.05) is 31.7 Å². The molecule has 19 heavy (non-hydrogen) atoms. The number of likely N-dealkylation sites (N-methyl/N-ethyl adjacent to an activating group) is 1.